The van der Waals surface area contributed by atoms with E-state index in [1.807, 2.05) is 26.0 Å². The van der Waals surface area contributed by atoms with Crippen LogP contribution in [-0.2, 0) is 10.0 Å². The number of benzene rings is 1. The van der Waals surface area contributed by atoms with E-state index in [4.69, 9.17) is 4.52 Å². The van der Waals surface area contributed by atoms with Crippen molar-refractivity contribution in [3.05, 3.63) is 41.0 Å². The van der Waals surface area contributed by atoms with Crippen LogP contribution in [0.4, 0.5) is 0 Å². The first kappa shape index (κ1) is 14.8. The van der Waals surface area contributed by atoms with E-state index in [0.717, 1.165) is 29.8 Å². The first-order valence-corrected chi connectivity index (χ1v) is 9.30. The molecule has 0 spiro atoms. The molecule has 1 saturated heterocycles. The van der Waals surface area contributed by atoms with Gasteiger partial charge in [0, 0.05) is 19.0 Å². The molecule has 1 aliphatic heterocycles. The SMILES string of the molecule is Cc1ccc(C)c(S(=O)(=O)N2CC(c3nc(C4CC4)no3)C2)c1. The molecule has 0 atom stereocenters. The van der Waals surface area contributed by atoms with Crippen molar-refractivity contribution in [2.75, 3.05) is 13.1 Å². The Kier molecular flexibility index (Phi) is 3.32. The topological polar surface area (TPSA) is 76.3 Å². The summed E-state index contributed by atoms with van der Waals surface area (Å²) in [7, 11) is -3.45. The second kappa shape index (κ2) is 5.14. The number of nitrogens with zero attached hydrogens (tertiary/aromatic N) is 3. The van der Waals surface area contributed by atoms with Gasteiger partial charge >= 0.3 is 0 Å². The van der Waals surface area contributed by atoms with Crippen LogP contribution in [0.3, 0.4) is 0 Å². The third kappa shape index (κ3) is 2.57. The molecule has 1 aliphatic carbocycles. The first-order chi connectivity index (χ1) is 10.9. The van der Waals surface area contributed by atoms with Crippen LogP contribution >= 0.6 is 0 Å². The summed E-state index contributed by atoms with van der Waals surface area (Å²) in [5.74, 6) is 1.80. The molecule has 2 heterocycles. The predicted octanol–water partition coefficient (Wildman–Crippen LogP) is 2.35. The predicted molar refractivity (Wildman–Crippen MR) is 83.7 cm³/mol. The minimum atomic E-state index is -3.45. The van der Waals surface area contributed by atoms with E-state index in [0.29, 0.717) is 29.8 Å². The lowest BCUT2D eigenvalue weighted by atomic mass is 10.0. The maximum atomic E-state index is 12.7. The molecule has 23 heavy (non-hydrogen) atoms. The Balaban J connectivity index is 1.50. The normalized spacial score (nSPS) is 19.7. The molecule has 2 aliphatic rings. The highest BCUT2D eigenvalue weighted by Gasteiger charge is 2.41. The number of sulfonamides is 1. The van der Waals surface area contributed by atoms with E-state index >= 15 is 0 Å². The van der Waals surface area contributed by atoms with Crippen LogP contribution in [-0.4, -0.2) is 36.0 Å². The molecule has 0 radical (unpaired) electrons. The molecule has 0 amide bonds. The van der Waals surface area contributed by atoms with Crippen molar-refractivity contribution in [3.63, 3.8) is 0 Å². The second-order valence-corrected chi connectivity index (χ2v) is 8.46. The van der Waals surface area contributed by atoms with E-state index in [-0.39, 0.29) is 5.92 Å². The van der Waals surface area contributed by atoms with Crippen molar-refractivity contribution in [3.8, 4) is 0 Å². The zero-order valence-electron chi connectivity index (χ0n) is 13.2. The van der Waals surface area contributed by atoms with Crippen LogP contribution in [0.2, 0.25) is 0 Å². The molecule has 0 bridgehead atoms. The van der Waals surface area contributed by atoms with E-state index in [9.17, 15) is 8.42 Å². The third-order valence-corrected chi connectivity index (χ3v) is 6.53. The van der Waals surface area contributed by atoms with Gasteiger partial charge in [-0.1, -0.05) is 17.3 Å². The number of hydrogen-bond donors (Lipinski definition) is 0. The van der Waals surface area contributed by atoms with Gasteiger partial charge in [0.1, 0.15) is 0 Å². The number of aromatic nitrogens is 2. The number of rotatable bonds is 4. The Hall–Kier alpha value is -1.73. The molecule has 1 aromatic carbocycles. The van der Waals surface area contributed by atoms with Gasteiger partial charge in [-0.05, 0) is 43.9 Å². The molecule has 0 N–H and O–H groups in total. The van der Waals surface area contributed by atoms with Crippen molar-refractivity contribution in [1.82, 2.24) is 14.4 Å². The number of hydrogen-bond acceptors (Lipinski definition) is 5. The van der Waals surface area contributed by atoms with Crippen molar-refractivity contribution in [2.45, 2.75) is 43.4 Å². The van der Waals surface area contributed by atoms with Gasteiger partial charge in [-0.2, -0.15) is 9.29 Å². The van der Waals surface area contributed by atoms with Gasteiger partial charge in [-0.25, -0.2) is 8.42 Å². The molecule has 4 rings (SSSR count). The summed E-state index contributed by atoms with van der Waals surface area (Å²) >= 11 is 0. The maximum absolute atomic E-state index is 12.7. The van der Waals surface area contributed by atoms with Crippen LogP contribution < -0.4 is 0 Å². The van der Waals surface area contributed by atoms with Crippen LogP contribution in [0, 0.1) is 13.8 Å². The molecular weight excluding hydrogens is 314 g/mol. The lowest BCUT2D eigenvalue weighted by molar-refractivity contribution is 0.216. The van der Waals surface area contributed by atoms with E-state index in [2.05, 4.69) is 10.1 Å². The third-order valence-electron chi connectivity index (χ3n) is 4.56. The minimum Gasteiger partial charge on any atom is -0.339 e. The molecule has 1 saturated carbocycles. The lowest BCUT2D eigenvalue weighted by Crippen LogP contribution is -2.48. The Morgan fingerprint density at radius 3 is 2.61 bits per heavy atom. The Labute approximate surface area is 135 Å². The largest absolute Gasteiger partial charge is 0.339 e. The van der Waals surface area contributed by atoms with Crippen LogP contribution in [0.15, 0.2) is 27.6 Å². The van der Waals surface area contributed by atoms with Crippen LogP contribution in [0.1, 0.15) is 47.5 Å². The molecular formula is C16H19N3O3S. The van der Waals surface area contributed by atoms with E-state index < -0.39 is 10.0 Å². The summed E-state index contributed by atoms with van der Waals surface area (Å²) in [5.41, 5.74) is 1.71. The summed E-state index contributed by atoms with van der Waals surface area (Å²) < 4.78 is 32.3. The Morgan fingerprint density at radius 2 is 1.91 bits per heavy atom. The van der Waals surface area contributed by atoms with Crippen LogP contribution in [0.5, 0.6) is 0 Å². The standard InChI is InChI=1S/C16H19N3O3S/c1-10-3-4-11(2)14(7-10)23(20,21)19-8-13(9-19)16-17-15(18-22-16)12-5-6-12/h3-4,7,12-13H,5-6,8-9H2,1-2H3. The van der Waals surface area contributed by atoms with Gasteiger partial charge in [0.2, 0.25) is 15.9 Å². The summed E-state index contributed by atoms with van der Waals surface area (Å²) in [6.45, 7) is 4.53. The summed E-state index contributed by atoms with van der Waals surface area (Å²) in [6, 6.07) is 5.50. The zero-order valence-corrected chi connectivity index (χ0v) is 14.0. The van der Waals surface area contributed by atoms with Crippen molar-refractivity contribution in [1.29, 1.82) is 0 Å². The fourth-order valence-electron chi connectivity index (χ4n) is 2.84. The quantitative estimate of drug-likeness (QED) is 0.858. The first-order valence-electron chi connectivity index (χ1n) is 7.86. The Morgan fingerprint density at radius 1 is 1.17 bits per heavy atom. The summed E-state index contributed by atoms with van der Waals surface area (Å²) in [4.78, 5) is 4.80. The molecule has 2 aromatic rings. The van der Waals surface area contributed by atoms with Crippen molar-refractivity contribution >= 4 is 10.0 Å². The van der Waals surface area contributed by atoms with Crippen LogP contribution in [0.25, 0.3) is 0 Å². The molecule has 2 fully saturated rings. The smallest absolute Gasteiger partial charge is 0.243 e. The molecule has 0 unspecified atom stereocenters. The molecule has 122 valence electrons. The number of aryl methyl sites for hydroxylation is 2. The van der Waals surface area contributed by atoms with Gasteiger partial charge in [0.05, 0.1) is 10.8 Å². The van der Waals surface area contributed by atoms with E-state index in [1.54, 1.807) is 6.07 Å². The molecule has 7 heteroatoms. The highest BCUT2D eigenvalue weighted by Crippen LogP contribution is 2.39. The minimum absolute atomic E-state index is 0.00916. The monoisotopic (exact) mass is 333 g/mol. The molecule has 1 aromatic heterocycles. The van der Waals surface area contributed by atoms with Gasteiger partial charge in [0.15, 0.2) is 5.82 Å². The average Bonchev–Trinajstić information content (AvgIpc) is 3.19. The zero-order chi connectivity index (χ0) is 16.2. The highest BCUT2D eigenvalue weighted by molar-refractivity contribution is 7.89. The van der Waals surface area contributed by atoms with Crippen molar-refractivity contribution < 1.29 is 12.9 Å². The summed E-state index contributed by atoms with van der Waals surface area (Å²) in [5, 5.41) is 4.00. The van der Waals surface area contributed by atoms with Gasteiger partial charge in [0.25, 0.3) is 0 Å². The summed E-state index contributed by atoms with van der Waals surface area (Å²) in [6.07, 6.45) is 2.24. The molecule has 6 nitrogen and oxygen atoms in total. The maximum Gasteiger partial charge on any atom is 0.243 e. The fourth-order valence-corrected chi connectivity index (χ4v) is 4.68. The Bertz CT molecular complexity index is 849. The van der Waals surface area contributed by atoms with Gasteiger partial charge in [-0.15, -0.1) is 0 Å². The van der Waals surface area contributed by atoms with Gasteiger partial charge < -0.3 is 4.52 Å². The highest BCUT2D eigenvalue weighted by atomic mass is 32.2. The van der Waals surface area contributed by atoms with Gasteiger partial charge in [-0.3, -0.25) is 0 Å². The average molecular weight is 333 g/mol. The van der Waals surface area contributed by atoms with Crippen molar-refractivity contribution in [2.24, 2.45) is 0 Å². The van der Waals surface area contributed by atoms with E-state index in [1.165, 1.54) is 4.31 Å². The fraction of sp³-hybridized carbons (Fsp3) is 0.500. The lowest BCUT2D eigenvalue weighted by Gasteiger charge is -2.36. The second-order valence-electron chi connectivity index (χ2n) is 6.55.